The molecule has 0 aromatic heterocycles. The quantitative estimate of drug-likeness (QED) is 0.763. The number of carbonyl (C=O) groups excluding carboxylic acids is 1. The first-order chi connectivity index (χ1) is 13.7. The van der Waals surface area contributed by atoms with Crippen molar-refractivity contribution in [1.29, 1.82) is 0 Å². The van der Waals surface area contributed by atoms with Crippen LogP contribution in [0.5, 0.6) is 0 Å². The molecule has 1 fully saturated rings. The summed E-state index contributed by atoms with van der Waals surface area (Å²) in [6.07, 6.45) is 0.512. The van der Waals surface area contributed by atoms with Gasteiger partial charge >= 0.3 is 6.09 Å². The Hall–Kier alpha value is -2.40. The Bertz CT molecular complexity index is 802. The van der Waals surface area contributed by atoms with Crippen molar-refractivity contribution >= 4 is 6.09 Å². The molecule has 5 heteroatoms. The zero-order chi connectivity index (χ0) is 21.0. The Balaban J connectivity index is 1.78. The number of halogens is 1. The molecule has 4 nitrogen and oxygen atoms in total. The van der Waals surface area contributed by atoms with Crippen LogP contribution in [0.2, 0.25) is 0 Å². The van der Waals surface area contributed by atoms with E-state index in [-0.39, 0.29) is 29.9 Å². The first-order valence-corrected chi connectivity index (χ1v) is 10.3. The number of hydrogen-bond acceptors (Lipinski definition) is 3. The Labute approximate surface area is 173 Å². The smallest absolute Gasteiger partial charge is 0.410 e. The van der Waals surface area contributed by atoms with Gasteiger partial charge in [-0.15, -0.1) is 0 Å². The summed E-state index contributed by atoms with van der Waals surface area (Å²) in [6, 6.07) is 17.3. The Kier molecular flexibility index (Phi) is 6.58. The number of nitrogens with one attached hydrogen (secondary N) is 1. The highest BCUT2D eigenvalue weighted by molar-refractivity contribution is 5.68. The summed E-state index contributed by atoms with van der Waals surface area (Å²) in [6.45, 7) is 8.94. The third-order valence-electron chi connectivity index (χ3n) is 5.33. The molecule has 29 heavy (non-hydrogen) atoms. The summed E-state index contributed by atoms with van der Waals surface area (Å²) in [5, 5.41) is 3.73. The molecular weight excluding hydrogens is 367 g/mol. The lowest BCUT2D eigenvalue weighted by Gasteiger charge is -2.40. The van der Waals surface area contributed by atoms with Gasteiger partial charge in [-0.25, -0.2) is 9.18 Å². The zero-order valence-corrected chi connectivity index (χ0v) is 17.7. The summed E-state index contributed by atoms with van der Waals surface area (Å²) in [5.41, 5.74) is 1.72. The van der Waals surface area contributed by atoms with Gasteiger partial charge in [0.2, 0.25) is 0 Å². The maximum absolute atomic E-state index is 13.5. The predicted octanol–water partition coefficient (Wildman–Crippen LogP) is 5.27. The van der Waals surface area contributed by atoms with E-state index >= 15 is 0 Å². The molecule has 3 atom stereocenters. The maximum Gasteiger partial charge on any atom is 0.410 e. The van der Waals surface area contributed by atoms with Crippen LogP contribution in [0.15, 0.2) is 54.6 Å². The number of amides is 1. The lowest BCUT2D eigenvalue weighted by Crippen LogP contribution is -2.51. The monoisotopic (exact) mass is 398 g/mol. The minimum Gasteiger partial charge on any atom is -0.444 e. The molecule has 1 N–H and O–H groups in total. The Morgan fingerprint density at radius 3 is 2.41 bits per heavy atom. The predicted molar refractivity (Wildman–Crippen MR) is 113 cm³/mol. The molecule has 2 aromatic carbocycles. The molecule has 0 aliphatic carbocycles. The van der Waals surface area contributed by atoms with Crippen molar-refractivity contribution in [2.75, 3.05) is 13.1 Å². The number of nitrogens with zero attached hydrogens (tertiary/aromatic N) is 1. The van der Waals surface area contributed by atoms with E-state index in [1.54, 1.807) is 4.90 Å². The Morgan fingerprint density at radius 2 is 1.79 bits per heavy atom. The van der Waals surface area contributed by atoms with Crippen molar-refractivity contribution < 1.29 is 13.9 Å². The lowest BCUT2D eigenvalue weighted by atomic mass is 9.85. The third kappa shape index (κ3) is 5.80. The summed E-state index contributed by atoms with van der Waals surface area (Å²) < 4.78 is 19.0. The van der Waals surface area contributed by atoms with Gasteiger partial charge < -0.3 is 15.0 Å². The highest BCUT2D eigenvalue weighted by Gasteiger charge is 2.35. The van der Waals surface area contributed by atoms with Crippen LogP contribution in [-0.2, 0) is 4.74 Å². The minimum absolute atomic E-state index is 0.0584. The van der Waals surface area contributed by atoms with Crippen molar-refractivity contribution in [2.45, 2.75) is 57.7 Å². The van der Waals surface area contributed by atoms with E-state index in [4.69, 9.17) is 4.74 Å². The second-order valence-electron chi connectivity index (χ2n) is 8.78. The van der Waals surface area contributed by atoms with Crippen LogP contribution in [0.1, 0.15) is 57.2 Å². The number of rotatable bonds is 4. The van der Waals surface area contributed by atoms with E-state index in [0.717, 1.165) is 12.0 Å². The van der Waals surface area contributed by atoms with Gasteiger partial charge in [-0.2, -0.15) is 0 Å². The summed E-state index contributed by atoms with van der Waals surface area (Å²) in [5.74, 6) is -0.196. The number of ether oxygens (including phenoxy) is 1. The SMILES string of the molecule is C[C@@H](NC1CCN(C(=O)OC(C)(C)C)CC1c1ccc(F)cc1)c1ccccc1. The molecule has 156 valence electrons. The average Bonchev–Trinajstić information content (AvgIpc) is 2.68. The number of carbonyl (C=O) groups is 1. The van der Waals surface area contributed by atoms with Gasteiger partial charge in [0, 0.05) is 31.1 Å². The van der Waals surface area contributed by atoms with Crippen LogP contribution >= 0.6 is 0 Å². The Morgan fingerprint density at radius 1 is 1.14 bits per heavy atom. The second kappa shape index (κ2) is 8.95. The summed E-state index contributed by atoms with van der Waals surface area (Å²) in [4.78, 5) is 14.4. The zero-order valence-electron chi connectivity index (χ0n) is 17.7. The van der Waals surface area contributed by atoms with Crippen LogP contribution in [0, 0.1) is 5.82 Å². The lowest BCUT2D eigenvalue weighted by molar-refractivity contribution is 0.0172. The number of hydrogen-bond donors (Lipinski definition) is 1. The van der Waals surface area contributed by atoms with E-state index in [9.17, 15) is 9.18 Å². The molecule has 1 aliphatic heterocycles. The third-order valence-corrected chi connectivity index (χ3v) is 5.33. The van der Waals surface area contributed by atoms with Crippen LogP contribution in [-0.4, -0.2) is 35.7 Å². The van der Waals surface area contributed by atoms with Gasteiger partial charge in [-0.3, -0.25) is 0 Å². The van der Waals surface area contributed by atoms with Crippen LogP contribution < -0.4 is 5.32 Å². The van der Waals surface area contributed by atoms with E-state index in [1.165, 1.54) is 17.7 Å². The van der Waals surface area contributed by atoms with E-state index in [2.05, 4.69) is 24.4 Å². The standard InChI is InChI=1S/C24H31FN2O2/c1-17(18-8-6-5-7-9-18)26-22-14-15-27(23(28)29-24(2,3)4)16-21(22)19-10-12-20(25)13-11-19/h5-13,17,21-22,26H,14-16H2,1-4H3/t17-,21?,22?/m1/s1. The van der Waals surface area contributed by atoms with Crippen LogP contribution in [0.25, 0.3) is 0 Å². The maximum atomic E-state index is 13.5. The molecule has 0 spiro atoms. The van der Waals surface area contributed by atoms with E-state index in [0.29, 0.717) is 13.1 Å². The molecule has 2 aromatic rings. The van der Waals surface area contributed by atoms with Crippen molar-refractivity contribution in [3.05, 3.63) is 71.5 Å². The highest BCUT2D eigenvalue weighted by atomic mass is 19.1. The summed E-state index contributed by atoms with van der Waals surface area (Å²) >= 11 is 0. The van der Waals surface area contributed by atoms with Crippen molar-refractivity contribution in [3.8, 4) is 0 Å². The van der Waals surface area contributed by atoms with Gasteiger partial charge in [0.15, 0.2) is 0 Å². The molecule has 1 heterocycles. The fourth-order valence-corrected chi connectivity index (χ4v) is 3.85. The van der Waals surface area contributed by atoms with Crippen molar-refractivity contribution in [2.24, 2.45) is 0 Å². The van der Waals surface area contributed by atoms with Crippen LogP contribution in [0.3, 0.4) is 0 Å². The van der Waals surface area contributed by atoms with Gasteiger partial charge in [-0.05, 0) is 57.4 Å². The molecule has 3 rings (SSSR count). The van der Waals surface area contributed by atoms with E-state index < -0.39 is 5.60 Å². The largest absolute Gasteiger partial charge is 0.444 e. The van der Waals surface area contributed by atoms with Crippen molar-refractivity contribution in [1.82, 2.24) is 10.2 Å². The van der Waals surface area contributed by atoms with Gasteiger partial charge in [-0.1, -0.05) is 42.5 Å². The first kappa shape index (κ1) is 21.3. The fourth-order valence-electron chi connectivity index (χ4n) is 3.85. The van der Waals surface area contributed by atoms with E-state index in [1.807, 2.05) is 51.1 Å². The summed E-state index contributed by atoms with van der Waals surface area (Å²) in [7, 11) is 0. The average molecular weight is 399 g/mol. The highest BCUT2D eigenvalue weighted by Crippen LogP contribution is 2.30. The number of benzene rings is 2. The first-order valence-electron chi connectivity index (χ1n) is 10.3. The van der Waals surface area contributed by atoms with Crippen molar-refractivity contribution in [3.63, 3.8) is 0 Å². The topological polar surface area (TPSA) is 41.6 Å². The second-order valence-corrected chi connectivity index (χ2v) is 8.78. The molecule has 0 bridgehead atoms. The molecule has 0 radical (unpaired) electrons. The fraction of sp³-hybridized carbons (Fsp3) is 0.458. The molecule has 2 unspecified atom stereocenters. The number of likely N-dealkylation sites (tertiary alicyclic amines) is 1. The normalized spacial score (nSPS) is 20.9. The number of piperidine rings is 1. The molecule has 1 amide bonds. The van der Waals surface area contributed by atoms with Gasteiger partial charge in [0.25, 0.3) is 0 Å². The van der Waals surface area contributed by atoms with Gasteiger partial charge in [0.1, 0.15) is 11.4 Å². The molecule has 1 saturated heterocycles. The molecular formula is C24H31FN2O2. The van der Waals surface area contributed by atoms with Gasteiger partial charge in [0.05, 0.1) is 0 Å². The minimum atomic E-state index is -0.528. The molecule has 1 aliphatic rings. The van der Waals surface area contributed by atoms with Crippen LogP contribution in [0.4, 0.5) is 9.18 Å². The molecule has 0 saturated carbocycles.